The number of nitrogens with zero attached hydrogens (tertiary/aromatic N) is 1. The predicted molar refractivity (Wildman–Crippen MR) is 65.0 cm³/mol. The maximum Gasteiger partial charge on any atom is 0.0589 e. The first kappa shape index (κ1) is 10.8. The molecule has 0 aromatic carbocycles. The van der Waals surface area contributed by atoms with Crippen molar-refractivity contribution in [3.63, 3.8) is 0 Å². The summed E-state index contributed by atoms with van der Waals surface area (Å²) < 4.78 is 0. The number of aliphatic hydroxyl groups is 1. The number of rotatable bonds is 3. The van der Waals surface area contributed by atoms with Crippen LogP contribution in [0.5, 0.6) is 0 Å². The summed E-state index contributed by atoms with van der Waals surface area (Å²) in [6, 6.07) is 0.380. The van der Waals surface area contributed by atoms with Gasteiger partial charge in [-0.2, -0.15) is 0 Å². The van der Waals surface area contributed by atoms with Crippen molar-refractivity contribution in [3.05, 3.63) is 12.2 Å². The minimum Gasteiger partial charge on any atom is -0.395 e. The summed E-state index contributed by atoms with van der Waals surface area (Å²) in [7, 11) is 0. The Balaban J connectivity index is 1.71. The molecule has 0 aromatic rings. The standard InChI is InChI=1S/C14H23NO/c1-9(2)14(8-16)15-6-12-10-3-4-11(5-10)13(12)7-15/h3-4,9-14,16H,5-8H2,1-2H3. The van der Waals surface area contributed by atoms with E-state index in [1.807, 2.05) is 0 Å². The highest BCUT2D eigenvalue weighted by Crippen LogP contribution is 2.51. The van der Waals surface area contributed by atoms with Crippen molar-refractivity contribution in [2.45, 2.75) is 26.3 Å². The van der Waals surface area contributed by atoms with Crippen LogP contribution >= 0.6 is 0 Å². The Morgan fingerprint density at radius 2 is 1.75 bits per heavy atom. The third-order valence-electron chi connectivity index (χ3n) is 5.12. The van der Waals surface area contributed by atoms with E-state index < -0.39 is 0 Å². The van der Waals surface area contributed by atoms with E-state index in [2.05, 4.69) is 30.9 Å². The Morgan fingerprint density at radius 1 is 1.19 bits per heavy atom. The number of fused-ring (bicyclic) bond motifs is 5. The lowest BCUT2D eigenvalue weighted by Gasteiger charge is -2.30. The Morgan fingerprint density at radius 3 is 2.19 bits per heavy atom. The molecule has 0 radical (unpaired) electrons. The molecule has 1 saturated heterocycles. The maximum absolute atomic E-state index is 9.51. The summed E-state index contributed by atoms with van der Waals surface area (Å²) in [6.07, 6.45) is 6.30. The number of aliphatic hydroxyl groups excluding tert-OH is 1. The highest BCUT2D eigenvalue weighted by atomic mass is 16.3. The molecule has 1 saturated carbocycles. The van der Waals surface area contributed by atoms with E-state index in [-0.39, 0.29) is 0 Å². The molecule has 3 aliphatic rings. The van der Waals surface area contributed by atoms with E-state index in [1.165, 1.54) is 19.5 Å². The van der Waals surface area contributed by atoms with Crippen molar-refractivity contribution < 1.29 is 5.11 Å². The Hall–Kier alpha value is -0.340. The molecule has 5 unspecified atom stereocenters. The molecule has 2 bridgehead atoms. The summed E-state index contributed by atoms with van der Waals surface area (Å²) in [5, 5.41) is 9.51. The minimum absolute atomic E-state index is 0.319. The van der Waals surface area contributed by atoms with Crippen molar-refractivity contribution in [1.29, 1.82) is 0 Å². The first-order valence-electron chi connectivity index (χ1n) is 6.74. The number of hydrogen-bond donors (Lipinski definition) is 1. The summed E-state index contributed by atoms with van der Waals surface area (Å²) in [5.74, 6) is 4.05. The van der Waals surface area contributed by atoms with Gasteiger partial charge in [0.05, 0.1) is 6.61 Å². The molecule has 16 heavy (non-hydrogen) atoms. The van der Waals surface area contributed by atoms with Gasteiger partial charge < -0.3 is 5.11 Å². The van der Waals surface area contributed by atoms with E-state index in [0.29, 0.717) is 18.6 Å². The zero-order valence-corrected chi connectivity index (χ0v) is 10.3. The van der Waals surface area contributed by atoms with E-state index in [1.54, 1.807) is 0 Å². The zero-order valence-electron chi connectivity index (χ0n) is 10.3. The largest absolute Gasteiger partial charge is 0.395 e. The van der Waals surface area contributed by atoms with Crippen LogP contribution in [-0.2, 0) is 0 Å². The molecule has 2 fully saturated rings. The molecular formula is C14H23NO. The molecular weight excluding hydrogens is 198 g/mol. The van der Waals surface area contributed by atoms with E-state index in [9.17, 15) is 5.11 Å². The first-order valence-corrected chi connectivity index (χ1v) is 6.74. The van der Waals surface area contributed by atoms with Gasteiger partial charge in [0.2, 0.25) is 0 Å². The third kappa shape index (κ3) is 1.46. The summed E-state index contributed by atoms with van der Waals surface area (Å²) >= 11 is 0. The number of likely N-dealkylation sites (tertiary alicyclic amines) is 1. The Kier molecular flexibility index (Phi) is 2.60. The number of allylic oxidation sites excluding steroid dienone is 2. The molecule has 2 aliphatic carbocycles. The minimum atomic E-state index is 0.319. The van der Waals surface area contributed by atoms with Crippen LogP contribution in [0.3, 0.4) is 0 Å². The Bertz CT molecular complexity index is 279. The second kappa shape index (κ2) is 3.85. The molecule has 3 rings (SSSR count). The topological polar surface area (TPSA) is 23.5 Å². The maximum atomic E-state index is 9.51. The number of hydrogen-bond acceptors (Lipinski definition) is 2. The van der Waals surface area contributed by atoms with Crippen molar-refractivity contribution in [2.24, 2.45) is 29.6 Å². The summed E-state index contributed by atoms with van der Waals surface area (Å²) in [4.78, 5) is 2.55. The van der Waals surface area contributed by atoms with Crippen LogP contribution in [0.2, 0.25) is 0 Å². The highest BCUT2D eigenvalue weighted by molar-refractivity contribution is 5.16. The van der Waals surface area contributed by atoms with Crippen molar-refractivity contribution in [1.82, 2.24) is 4.90 Å². The third-order valence-corrected chi connectivity index (χ3v) is 5.12. The first-order chi connectivity index (χ1) is 7.70. The van der Waals surface area contributed by atoms with Gasteiger partial charge in [-0.05, 0) is 36.0 Å². The average molecular weight is 221 g/mol. The summed E-state index contributed by atoms with van der Waals surface area (Å²) in [6.45, 7) is 7.21. The van der Waals surface area contributed by atoms with Gasteiger partial charge in [-0.3, -0.25) is 4.90 Å². The molecule has 1 aliphatic heterocycles. The van der Waals surface area contributed by atoms with Gasteiger partial charge in [-0.1, -0.05) is 26.0 Å². The van der Waals surface area contributed by atoms with Crippen LogP contribution in [0.1, 0.15) is 20.3 Å². The quantitative estimate of drug-likeness (QED) is 0.734. The second-order valence-corrected chi connectivity index (χ2v) is 6.22. The smallest absolute Gasteiger partial charge is 0.0589 e. The fourth-order valence-corrected chi connectivity index (χ4v) is 4.20. The monoisotopic (exact) mass is 221 g/mol. The normalized spacial score (nSPS) is 43.2. The fraction of sp³-hybridized carbons (Fsp3) is 0.857. The van der Waals surface area contributed by atoms with Crippen LogP contribution in [-0.4, -0.2) is 35.7 Å². The van der Waals surface area contributed by atoms with Crippen LogP contribution in [0, 0.1) is 29.6 Å². The van der Waals surface area contributed by atoms with Gasteiger partial charge in [0.25, 0.3) is 0 Å². The fourth-order valence-electron chi connectivity index (χ4n) is 4.20. The lowest BCUT2D eigenvalue weighted by molar-refractivity contribution is 0.102. The van der Waals surface area contributed by atoms with Crippen LogP contribution < -0.4 is 0 Å². The van der Waals surface area contributed by atoms with Gasteiger partial charge in [0.1, 0.15) is 0 Å². The molecule has 1 heterocycles. The van der Waals surface area contributed by atoms with E-state index in [4.69, 9.17) is 0 Å². The Labute approximate surface area is 98.3 Å². The zero-order chi connectivity index (χ0) is 11.3. The van der Waals surface area contributed by atoms with Crippen molar-refractivity contribution >= 4 is 0 Å². The van der Waals surface area contributed by atoms with Crippen LogP contribution in [0.15, 0.2) is 12.2 Å². The molecule has 2 nitrogen and oxygen atoms in total. The SMILES string of the molecule is CC(C)C(CO)N1CC2C3C=CC(C3)C2C1. The van der Waals surface area contributed by atoms with Crippen molar-refractivity contribution in [2.75, 3.05) is 19.7 Å². The van der Waals surface area contributed by atoms with Gasteiger partial charge in [0, 0.05) is 19.1 Å². The average Bonchev–Trinajstić information content (AvgIpc) is 2.88. The molecule has 1 N–H and O–H groups in total. The van der Waals surface area contributed by atoms with Crippen molar-refractivity contribution in [3.8, 4) is 0 Å². The predicted octanol–water partition coefficient (Wildman–Crippen LogP) is 1.76. The van der Waals surface area contributed by atoms with Gasteiger partial charge in [0.15, 0.2) is 0 Å². The van der Waals surface area contributed by atoms with Crippen LogP contribution in [0.4, 0.5) is 0 Å². The second-order valence-electron chi connectivity index (χ2n) is 6.22. The lowest BCUT2D eigenvalue weighted by Crippen LogP contribution is -2.41. The molecule has 2 heteroatoms. The molecule has 0 amide bonds. The van der Waals surface area contributed by atoms with E-state index >= 15 is 0 Å². The highest BCUT2D eigenvalue weighted by Gasteiger charge is 2.50. The molecule has 0 aromatic heterocycles. The van der Waals surface area contributed by atoms with Crippen LogP contribution in [0.25, 0.3) is 0 Å². The lowest BCUT2D eigenvalue weighted by atomic mass is 9.86. The van der Waals surface area contributed by atoms with Gasteiger partial charge in [-0.15, -0.1) is 0 Å². The molecule has 90 valence electrons. The summed E-state index contributed by atoms with van der Waals surface area (Å²) in [5.41, 5.74) is 0. The molecule has 5 atom stereocenters. The molecule has 0 spiro atoms. The van der Waals surface area contributed by atoms with Gasteiger partial charge >= 0.3 is 0 Å². The van der Waals surface area contributed by atoms with E-state index in [0.717, 1.165) is 23.7 Å². The van der Waals surface area contributed by atoms with Gasteiger partial charge in [-0.25, -0.2) is 0 Å².